The van der Waals surface area contributed by atoms with Crippen LogP contribution in [-0.4, -0.2) is 24.6 Å². The Balaban J connectivity index is 1.98. The third-order valence-corrected chi connectivity index (χ3v) is 3.10. The highest BCUT2D eigenvalue weighted by molar-refractivity contribution is 5.77. The Morgan fingerprint density at radius 3 is 3.08 bits per heavy atom. The lowest BCUT2D eigenvalue weighted by atomic mass is 9.84. The number of nitrogens with two attached hydrogens (primary N) is 1. The van der Waals surface area contributed by atoms with Crippen LogP contribution in [0, 0.1) is 5.92 Å². The SMILES string of the molecule is CCC1=NC2CC(CN)CCC2O1. The molecule has 0 radical (unpaired) electrons. The van der Waals surface area contributed by atoms with Gasteiger partial charge in [-0.15, -0.1) is 0 Å². The summed E-state index contributed by atoms with van der Waals surface area (Å²) in [6.07, 6.45) is 4.78. The second-order valence-corrected chi connectivity index (χ2v) is 4.01. The van der Waals surface area contributed by atoms with E-state index in [0.717, 1.165) is 31.7 Å². The molecule has 74 valence electrons. The van der Waals surface area contributed by atoms with Crippen molar-refractivity contribution in [1.82, 2.24) is 0 Å². The van der Waals surface area contributed by atoms with E-state index >= 15 is 0 Å². The van der Waals surface area contributed by atoms with Crippen LogP contribution in [0.15, 0.2) is 4.99 Å². The molecule has 3 atom stereocenters. The van der Waals surface area contributed by atoms with E-state index < -0.39 is 0 Å². The molecule has 2 N–H and O–H groups in total. The minimum Gasteiger partial charge on any atom is -0.475 e. The van der Waals surface area contributed by atoms with Crippen molar-refractivity contribution in [2.75, 3.05) is 6.54 Å². The molecule has 0 spiro atoms. The van der Waals surface area contributed by atoms with Gasteiger partial charge in [0.15, 0.2) is 5.90 Å². The van der Waals surface area contributed by atoms with Crippen LogP contribution >= 0.6 is 0 Å². The topological polar surface area (TPSA) is 47.6 Å². The van der Waals surface area contributed by atoms with Gasteiger partial charge in [0.05, 0.1) is 6.04 Å². The van der Waals surface area contributed by atoms with E-state index in [0.29, 0.717) is 18.1 Å². The first-order valence-corrected chi connectivity index (χ1v) is 5.27. The van der Waals surface area contributed by atoms with Crippen molar-refractivity contribution < 1.29 is 4.74 Å². The van der Waals surface area contributed by atoms with Crippen molar-refractivity contribution in [2.45, 2.75) is 44.8 Å². The van der Waals surface area contributed by atoms with E-state index in [-0.39, 0.29) is 0 Å². The molecule has 0 aromatic carbocycles. The maximum Gasteiger partial charge on any atom is 0.183 e. The summed E-state index contributed by atoms with van der Waals surface area (Å²) in [5, 5.41) is 0. The van der Waals surface area contributed by atoms with Gasteiger partial charge < -0.3 is 10.5 Å². The Labute approximate surface area is 79.4 Å². The fourth-order valence-electron chi connectivity index (χ4n) is 2.26. The van der Waals surface area contributed by atoms with Gasteiger partial charge in [0.1, 0.15) is 6.10 Å². The van der Waals surface area contributed by atoms with Crippen LogP contribution in [0.3, 0.4) is 0 Å². The molecule has 1 saturated carbocycles. The Morgan fingerprint density at radius 2 is 2.38 bits per heavy atom. The Morgan fingerprint density at radius 1 is 1.54 bits per heavy atom. The number of aliphatic imine (C=N–C) groups is 1. The van der Waals surface area contributed by atoms with Gasteiger partial charge >= 0.3 is 0 Å². The van der Waals surface area contributed by atoms with Gasteiger partial charge in [-0.2, -0.15) is 0 Å². The van der Waals surface area contributed by atoms with Gasteiger partial charge in [-0.05, 0) is 31.7 Å². The summed E-state index contributed by atoms with van der Waals surface area (Å²) in [4.78, 5) is 4.57. The van der Waals surface area contributed by atoms with Gasteiger partial charge in [-0.1, -0.05) is 6.92 Å². The molecule has 0 saturated heterocycles. The standard InChI is InChI=1S/C10H18N2O/c1-2-10-12-8-5-7(6-11)3-4-9(8)13-10/h7-9H,2-6,11H2,1H3. The summed E-state index contributed by atoms with van der Waals surface area (Å²) in [5.41, 5.74) is 5.66. The molecular weight excluding hydrogens is 164 g/mol. The third kappa shape index (κ3) is 1.70. The van der Waals surface area contributed by atoms with Crippen LogP contribution in [0.25, 0.3) is 0 Å². The number of ether oxygens (including phenoxy) is 1. The lowest BCUT2D eigenvalue weighted by molar-refractivity contribution is 0.127. The zero-order valence-corrected chi connectivity index (χ0v) is 8.20. The summed E-state index contributed by atoms with van der Waals surface area (Å²) in [5.74, 6) is 1.62. The van der Waals surface area contributed by atoms with E-state index in [4.69, 9.17) is 10.5 Å². The third-order valence-electron chi connectivity index (χ3n) is 3.10. The molecule has 2 aliphatic rings. The van der Waals surface area contributed by atoms with Gasteiger partial charge in [-0.25, -0.2) is 4.99 Å². The normalized spacial score (nSPS) is 38.0. The molecule has 1 aliphatic carbocycles. The van der Waals surface area contributed by atoms with E-state index in [1.54, 1.807) is 0 Å². The molecule has 3 heteroatoms. The molecule has 1 aliphatic heterocycles. The summed E-state index contributed by atoms with van der Waals surface area (Å²) in [6, 6.07) is 0.414. The average molecular weight is 182 g/mol. The van der Waals surface area contributed by atoms with E-state index in [9.17, 15) is 0 Å². The van der Waals surface area contributed by atoms with E-state index in [1.807, 2.05) is 0 Å². The highest BCUT2D eigenvalue weighted by Gasteiger charge is 2.35. The van der Waals surface area contributed by atoms with Crippen molar-refractivity contribution in [1.29, 1.82) is 0 Å². The fraction of sp³-hybridized carbons (Fsp3) is 0.900. The lowest BCUT2D eigenvalue weighted by Gasteiger charge is -2.28. The first-order chi connectivity index (χ1) is 6.33. The summed E-state index contributed by atoms with van der Waals surface area (Å²) < 4.78 is 5.72. The fourth-order valence-corrected chi connectivity index (χ4v) is 2.26. The molecule has 13 heavy (non-hydrogen) atoms. The van der Waals surface area contributed by atoms with Gasteiger partial charge in [0.2, 0.25) is 0 Å². The molecule has 3 unspecified atom stereocenters. The van der Waals surface area contributed by atoms with Crippen molar-refractivity contribution in [2.24, 2.45) is 16.6 Å². The molecular formula is C10H18N2O. The predicted octanol–water partition coefficient (Wildman–Crippen LogP) is 1.32. The number of nitrogens with zero attached hydrogens (tertiary/aromatic N) is 1. The number of hydrogen-bond donors (Lipinski definition) is 1. The van der Waals surface area contributed by atoms with Crippen LogP contribution in [0.5, 0.6) is 0 Å². The predicted molar refractivity (Wildman–Crippen MR) is 52.8 cm³/mol. The van der Waals surface area contributed by atoms with Crippen molar-refractivity contribution in [3.05, 3.63) is 0 Å². The Bertz CT molecular complexity index is 215. The monoisotopic (exact) mass is 182 g/mol. The maximum atomic E-state index is 5.72. The highest BCUT2D eigenvalue weighted by atomic mass is 16.5. The second kappa shape index (κ2) is 3.66. The average Bonchev–Trinajstić information content (AvgIpc) is 2.58. The first kappa shape index (κ1) is 9.00. The van der Waals surface area contributed by atoms with Crippen LogP contribution in [-0.2, 0) is 4.74 Å². The van der Waals surface area contributed by atoms with Crippen molar-refractivity contribution >= 4 is 5.90 Å². The molecule has 1 heterocycles. The van der Waals surface area contributed by atoms with E-state index in [1.165, 1.54) is 6.42 Å². The molecule has 0 amide bonds. The zero-order valence-electron chi connectivity index (χ0n) is 8.20. The Hall–Kier alpha value is -0.570. The van der Waals surface area contributed by atoms with Crippen LogP contribution in [0.1, 0.15) is 32.6 Å². The van der Waals surface area contributed by atoms with Crippen molar-refractivity contribution in [3.63, 3.8) is 0 Å². The number of rotatable bonds is 2. The molecule has 0 aromatic rings. The van der Waals surface area contributed by atoms with Gasteiger partial charge in [0.25, 0.3) is 0 Å². The van der Waals surface area contributed by atoms with Crippen LogP contribution in [0.2, 0.25) is 0 Å². The quantitative estimate of drug-likeness (QED) is 0.700. The van der Waals surface area contributed by atoms with E-state index in [2.05, 4.69) is 11.9 Å². The number of fused-ring (bicyclic) bond motifs is 1. The number of hydrogen-bond acceptors (Lipinski definition) is 3. The highest BCUT2D eigenvalue weighted by Crippen LogP contribution is 2.32. The molecule has 3 nitrogen and oxygen atoms in total. The Kier molecular flexibility index (Phi) is 2.54. The van der Waals surface area contributed by atoms with Gasteiger partial charge in [-0.3, -0.25) is 0 Å². The minimum absolute atomic E-state index is 0.373. The zero-order chi connectivity index (χ0) is 9.26. The molecule has 0 aromatic heterocycles. The molecule has 0 bridgehead atoms. The summed E-state index contributed by atoms with van der Waals surface area (Å²) >= 11 is 0. The smallest absolute Gasteiger partial charge is 0.183 e. The second-order valence-electron chi connectivity index (χ2n) is 4.01. The molecule has 2 rings (SSSR count). The summed E-state index contributed by atoms with van der Waals surface area (Å²) in [7, 11) is 0. The van der Waals surface area contributed by atoms with Crippen molar-refractivity contribution in [3.8, 4) is 0 Å². The van der Waals surface area contributed by atoms with Crippen LogP contribution in [0.4, 0.5) is 0 Å². The first-order valence-electron chi connectivity index (χ1n) is 5.27. The summed E-state index contributed by atoms with van der Waals surface area (Å²) in [6.45, 7) is 2.90. The molecule has 1 fully saturated rings. The minimum atomic E-state index is 0.373. The maximum absolute atomic E-state index is 5.72. The largest absolute Gasteiger partial charge is 0.475 e. The lowest BCUT2D eigenvalue weighted by Crippen LogP contribution is -2.33. The van der Waals surface area contributed by atoms with Gasteiger partial charge in [0, 0.05) is 6.42 Å². The van der Waals surface area contributed by atoms with Crippen LogP contribution < -0.4 is 5.73 Å².